The molecule has 5 aliphatic heterocycles. The van der Waals surface area contributed by atoms with Crippen LogP contribution in [0.1, 0.15) is 265 Å². The molecule has 13 nitrogen and oxygen atoms in total. The second-order valence-corrected chi connectivity index (χ2v) is 34.2. The van der Waals surface area contributed by atoms with Crippen molar-refractivity contribution in [2.24, 2.45) is 22.2 Å². The highest BCUT2D eigenvalue weighted by Gasteiger charge is 2.46. The summed E-state index contributed by atoms with van der Waals surface area (Å²) >= 11 is 0. The van der Waals surface area contributed by atoms with Gasteiger partial charge in [0.15, 0.2) is 0 Å². The number of nitrogens with zero attached hydrogens (tertiary/aromatic N) is 6. The van der Waals surface area contributed by atoms with Crippen molar-refractivity contribution < 1.29 is 26.8 Å². The SMILES string of the molecule is CC(C)(C)CCN1CCC2(CC[C@H](NC(=O)CC3CCOCC3)c3ccccc32)CC1.CCN(C(=O)Cc1cccnc1)[C@H]1CCC2(CCN(CCC(C)(C)C)CC2)c2ccccc21.C[C@@H](C(=O)N[C@H]1CCC2(CCN(CCC(C)(C)C)CC2)c2ccccc21)N1CCCC1=O.[HH].[HH]. The highest BCUT2D eigenvalue weighted by atomic mass is 16.5. The van der Waals surface area contributed by atoms with Crippen LogP contribution >= 0.6 is 0 Å². The molecule has 8 aliphatic rings. The Morgan fingerprint density at radius 1 is 0.583 bits per heavy atom. The number of carbonyl (C=O) groups excluding carboxylic acids is 4. The van der Waals surface area contributed by atoms with Crippen molar-refractivity contribution in [3.63, 3.8) is 0 Å². The monoisotopic (exact) mass is 1320 g/mol. The van der Waals surface area contributed by atoms with E-state index < -0.39 is 0 Å². The van der Waals surface area contributed by atoms with Gasteiger partial charge in [-0.1, -0.05) is 141 Å². The molecule has 3 aromatic carbocycles. The third-order valence-electron chi connectivity index (χ3n) is 23.9. The van der Waals surface area contributed by atoms with Crippen molar-refractivity contribution in [3.05, 3.63) is 136 Å². The number of benzene rings is 3. The molecule has 1 aromatic heterocycles. The second-order valence-electron chi connectivity index (χ2n) is 34.2. The minimum absolute atomic E-state index is 0. The van der Waals surface area contributed by atoms with E-state index in [1.54, 1.807) is 11.1 Å². The fourth-order valence-corrected chi connectivity index (χ4v) is 17.6. The molecule has 0 unspecified atom stereocenters. The standard InChI is InChI=1S/C29H41N3O.C27H41N3O2.C27H42N2O2.2H2/c1-5-32(27(33)21-23-9-8-17-30-22-23)26-12-13-29(25-11-7-6-10-24(25)26)15-19-31(20-16-29)18-14-28(2,3)4;1-20(30-16-7-10-24(30)31)25(32)28-23-11-12-27(22-9-6-5-8-21(22)23)14-18-29(19-15-27)17-13-26(2,3)4;1-26(2,3)12-15-29-16-13-27(14-17-29)11-8-24(22-6-4-5-7-23(22)27)28-25(30)20-21-9-18-31-19-10-21;;/h6-11,17,22,26H,5,12-16,18-21H2,1-4H3;5-6,8-9,20,23H,7,10-19H2,1-4H3,(H,28,32);4-7,21,24H,8-20H2,1-3H3,(H,28,30);2*1H/t26-;20-,23-;24-;;/m000../s1. The van der Waals surface area contributed by atoms with E-state index in [0.717, 1.165) is 83.4 Å². The van der Waals surface area contributed by atoms with Crippen molar-refractivity contribution in [2.75, 3.05) is 85.2 Å². The predicted molar refractivity (Wildman–Crippen MR) is 394 cm³/mol. The number of nitrogens with one attached hydrogen (secondary N) is 2. The third-order valence-corrected chi connectivity index (χ3v) is 23.9. The van der Waals surface area contributed by atoms with Gasteiger partial charge < -0.3 is 39.9 Å². The lowest BCUT2D eigenvalue weighted by atomic mass is 9.63. The quantitative estimate of drug-likeness (QED) is 0.113. The first-order valence-electron chi connectivity index (χ1n) is 38.0. The van der Waals surface area contributed by atoms with Crippen LogP contribution in [0.2, 0.25) is 0 Å². The number of carbonyl (C=O) groups is 4. The van der Waals surface area contributed by atoms with E-state index in [2.05, 4.69) is 177 Å². The van der Waals surface area contributed by atoms with Gasteiger partial charge in [-0.2, -0.15) is 0 Å². The minimum Gasteiger partial charge on any atom is -0.381 e. The van der Waals surface area contributed by atoms with Crippen LogP contribution < -0.4 is 10.6 Å². The highest BCUT2D eigenvalue weighted by Crippen LogP contribution is 2.52. The Labute approximate surface area is 582 Å². The maximum atomic E-state index is 13.3. The van der Waals surface area contributed by atoms with Crippen molar-refractivity contribution in [2.45, 2.75) is 251 Å². The van der Waals surface area contributed by atoms with Crippen LogP contribution in [0.5, 0.6) is 0 Å². The molecule has 96 heavy (non-hydrogen) atoms. The summed E-state index contributed by atoms with van der Waals surface area (Å²) in [6.07, 6.45) is 25.8. The summed E-state index contributed by atoms with van der Waals surface area (Å²) < 4.78 is 5.45. The van der Waals surface area contributed by atoms with Crippen molar-refractivity contribution in [3.8, 4) is 0 Å². The zero-order valence-electron chi connectivity index (χ0n) is 61.4. The average Bonchev–Trinajstić information content (AvgIpc) is 0.859. The first-order valence-corrected chi connectivity index (χ1v) is 38.0. The molecule has 3 spiro atoms. The Morgan fingerprint density at radius 2 is 1.03 bits per heavy atom. The molecular formula is C83H128N8O5. The molecule has 4 amide bonds. The van der Waals surface area contributed by atoms with Gasteiger partial charge in [0, 0.05) is 54.4 Å². The number of amides is 4. The molecule has 530 valence electrons. The summed E-state index contributed by atoms with van der Waals surface area (Å²) in [5.74, 6) is 0.996. The molecule has 3 aliphatic carbocycles. The number of hydrogen-bond acceptors (Lipinski definition) is 9. The van der Waals surface area contributed by atoms with Crippen LogP contribution in [0.25, 0.3) is 0 Å². The van der Waals surface area contributed by atoms with Gasteiger partial charge >= 0.3 is 0 Å². The number of likely N-dealkylation sites (tertiary alicyclic amines) is 4. The average molecular weight is 1320 g/mol. The Kier molecular flexibility index (Phi) is 24.6. The van der Waals surface area contributed by atoms with E-state index in [1.807, 2.05) is 25.3 Å². The van der Waals surface area contributed by atoms with Gasteiger partial charge in [-0.15, -0.1) is 0 Å². The first kappa shape index (κ1) is 73.3. The van der Waals surface area contributed by atoms with Crippen LogP contribution in [0.15, 0.2) is 97.3 Å². The Bertz CT molecular complexity index is 3180. The molecule has 2 N–H and O–H groups in total. The molecule has 13 heteroatoms. The summed E-state index contributed by atoms with van der Waals surface area (Å²) in [5.41, 5.74) is 11.5. The highest BCUT2D eigenvalue weighted by molar-refractivity contribution is 5.88. The zero-order chi connectivity index (χ0) is 68.3. The normalized spacial score (nSPS) is 23.1. The Hall–Kier alpha value is -5.47. The molecule has 12 rings (SSSR count). The Balaban J connectivity index is 0.000000186. The molecule has 0 bridgehead atoms. The number of rotatable bonds is 16. The van der Waals surface area contributed by atoms with Crippen LogP contribution in [-0.4, -0.2) is 144 Å². The van der Waals surface area contributed by atoms with Gasteiger partial charge in [-0.3, -0.25) is 24.2 Å². The lowest BCUT2D eigenvalue weighted by Crippen LogP contribution is -2.49. The number of aromatic nitrogens is 1. The maximum Gasteiger partial charge on any atom is 0.242 e. The molecule has 4 aromatic rings. The van der Waals surface area contributed by atoms with E-state index in [0.29, 0.717) is 53.4 Å². The summed E-state index contributed by atoms with van der Waals surface area (Å²) in [4.78, 5) is 67.2. The summed E-state index contributed by atoms with van der Waals surface area (Å²) in [5, 5.41) is 6.70. The van der Waals surface area contributed by atoms with Gasteiger partial charge in [-0.25, -0.2) is 0 Å². The lowest BCUT2D eigenvalue weighted by molar-refractivity contribution is -0.137. The molecule has 0 saturated carbocycles. The number of fused-ring (bicyclic) bond motifs is 6. The van der Waals surface area contributed by atoms with Crippen LogP contribution in [0, 0.1) is 22.2 Å². The van der Waals surface area contributed by atoms with Gasteiger partial charge in [0.2, 0.25) is 23.6 Å². The van der Waals surface area contributed by atoms with E-state index in [-0.39, 0.29) is 61.5 Å². The molecular weight excluding hydrogens is 1190 g/mol. The van der Waals surface area contributed by atoms with E-state index in [9.17, 15) is 19.2 Å². The maximum absolute atomic E-state index is 13.3. The van der Waals surface area contributed by atoms with Gasteiger partial charge in [-0.05, 0) is 272 Å². The fraction of sp³-hybridized carbons (Fsp3) is 0.675. The predicted octanol–water partition coefficient (Wildman–Crippen LogP) is 15.9. The fourth-order valence-electron chi connectivity index (χ4n) is 17.6. The topological polar surface area (TPSA) is 131 Å². The lowest BCUT2D eigenvalue weighted by Gasteiger charge is -2.49. The van der Waals surface area contributed by atoms with Crippen LogP contribution in [0.3, 0.4) is 0 Å². The first-order chi connectivity index (χ1) is 45.8. The molecule has 5 fully saturated rings. The third kappa shape index (κ3) is 18.9. The summed E-state index contributed by atoms with van der Waals surface area (Å²) in [6.45, 7) is 38.7. The second kappa shape index (κ2) is 32.2. The number of ether oxygens (including phenoxy) is 1. The van der Waals surface area contributed by atoms with E-state index in [1.165, 1.54) is 150 Å². The zero-order valence-corrected chi connectivity index (χ0v) is 61.4. The number of hydrogen-bond donors (Lipinski definition) is 2. The number of pyridine rings is 1. The van der Waals surface area contributed by atoms with Gasteiger partial charge in [0.1, 0.15) is 6.04 Å². The van der Waals surface area contributed by atoms with E-state index in [4.69, 9.17) is 4.74 Å². The van der Waals surface area contributed by atoms with Crippen LogP contribution in [-0.2, 0) is 46.6 Å². The molecule has 6 heterocycles. The van der Waals surface area contributed by atoms with Crippen molar-refractivity contribution >= 4 is 23.6 Å². The molecule has 5 saturated heterocycles. The van der Waals surface area contributed by atoms with E-state index >= 15 is 0 Å². The number of likely N-dealkylation sites (N-methyl/N-ethyl adjacent to an activating group) is 1. The molecule has 0 radical (unpaired) electrons. The smallest absolute Gasteiger partial charge is 0.242 e. The number of piperidine rings is 3. The van der Waals surface area contributed by atoms with Gasteiger partial charge in [0.25, 0.3) is 0 Å². The summed E-state index contributed by atoms with van der Waals surface area (Å²) in [6, 6.07) is 30.6. The molecule has 4 atom stereocenters. The van der Waals surface area contributed by atoms with Crippen molar-refractivity contribution in [1.82, 2.24) is 40.1 Å². The van der Waals surface area contributed by atoms with Crippen molar-refractivity contribution in [1.29, 1.82) is 0 Å². The van der Waals surface area contributed by atoms with Gasteiger partial charge in [0.05, 0.1) is 24.5 Å². The van der Waals surface area contributed by atoms with Crippen LogP contribution in [0.4, 0.5) is 0 Å². The Morgan fingerprint density at radius 3 is 1.47 bits per heavy atom. The summed E-state index contributed by atoms with van der Waals surface area (Å²) in [7, 11) is 0. The minimum atomic E-state index is -0.390. The largest absolute Gasteiger partial charge is 0.381 e.